The minimum Gasteiger partial charge on any atom is -0.492 e. The van der Waals surface area contributed by atoms with Gasteiger partial charge in [0.1, 0.15) is 11.3 Å². The predicted molar refractivity (Wildman–Crippen MR) is 96.9 cm³/mol. The van der Waals surface area contributed by atoms with Gasteiger partial charge in [0.25, 0.3) is 0 Å². The first-order valence-corrected chi connectivity index (χ1v) is 8.08. The zero-order valence-electron chi connectivity index (χ0n) is 14.2. The number of aryl methyl sites for hydroxylation is 2. The number of fused-ring (bicyclic) bond motifs is 1. The smallest absolute Gasteiger partial charge is 0.336 e. The summed E-state index contributed by atoms with van der Waals surface area (Å²) in [6.45, 7) is 7.07. The molecule has 4 nitrogen and oxygen atoms in total. The van der Waals surface area contributed by atoms with Crippen LogP contribution in [-0.4, -0.2) is 6.61 Å². The van der Waals surface area contributed by atoms with Gasteiger partial charge in [-0.3, -0.25) is 0 Å². The third kappa shape index (κ3) is 3.13. The topological polar surface area (TPSA) is 51.5 Å². The normalized spacial score (nSPS) is 10.8. The molecule has 24 heavy (non-hydrogen) atoms. The molecule has 1 N–H and O–H groups in total. The highest BCUT2D eigenvalue weighted by atomic mass is 16.5. The summed E-state index contributed by atoms with van der Waals surface area (Å²) in [5, 5.41) is 4.32. The Morgan fingerprint density at radius 3 is 2.71 bits per heavy atom. The van der Waals surface area contributed by atoms with Crippen LogP contribution in [-0.2, 0) is 6.54 Å². The lowest BCUT2D eigenvalue weighted by Gasteiger charge is -2.13. The van der Waals surface area contributed by atoms with Crippen molar-refractivity contribution in [1.29, 1.82) is 0 Å². The maximum Gasteiger partial charge on any atom is 0.336 e. The minimum absolute atomic E-state index is 0.328. The predicted octanol–water partition coefficient (Wildman–Crippen LogP) is 4.42. The van der Waals surface area contributed by atoms with Gasteiger partial charge in [-0.2, -0.15) is 0 Å². The van der Waals surface area contributed by atoms with E-state index in [1.807, 2.05) is 51.1 Å². The zero-order valence-corrected chi connectivity index (χ0v) is 14.2. The van der Waals surface area contributed by atoms with Crippen molar-refractivity contribution in [2.75, 3.05) is 11.9 Å². The second-order valence-corrected chi connectivity index (χ2v) is 5.76. The van der Waals surface area contributed by atoms with Gasteiger partial charge in [0, 0.05) is 18.0 Å². The first-order chi connectivity index (χ1) is 11.6. The van der Waals surface area contributed by atoms with Crippen LogP contribution < -0.4 is 15.7 Å². The lowest BCUT2D eigenvalue weighted by molar-refractivity contribution is 0.341. The summed E-state index contributed by atoms with van der Waals surface area (Å²) in [7, 11) is 0. The van der Waals surface area contributed by atoms with Crippen LogP contribution in [0.15, 0.2) is 51.7 Å². The van der Waals surface area contributed by atoms with E-state index in [0.717, 1.165) is 33.5 Å². The molecule has 0 saturated heterocycles. The summed E-state index contributed by atoms with van der Waals surface area (Å²) in [6.07, 6.45) is 0. The standard InChI is InChI=1S/C20H21NO3/c1-4-23-18-8-6-5-7-17(18)21-12-15-11-19(22)24-20-14(3)13(2)9-10-16(15)20/h5-11,21H,4,12H2,1-3H3. The van der Waals surface area contributed by atoms with Gasteiger partial charge in [-0.05, 0) is 49.6 Å². The minimum atomic E-state index is -0.328. The second-order valence-electron chi connectivity index (χ2n) is 5.76. The van der Waals surface area contributed by atoms with E-state index >= 15 is 0 Å². The Morgan fingerprint density at radius 2 is 1.92 bits per heavy atom. The Balaban J connectivity index is 1.97. The zero-order chi connectivity index (χ0) is 17.1. The average Bonchev–Trinajstić information content (AvgIpc) is 2.58. The van der Waals surface area contributed by atoms with Crippen molar-refractivity contribution >= 4 is 16.7 Å². The van der Waals surface area contributed by atoms with Gasteiger partial charge in [-0.25, -0.2) is 4.79 Å². The highest BCUT2D eigenvalue weighted by molar-refractivity contribution is 5.84. The van der Waals surface area contributed by atoms with E-state index in [4.69, 9.17) is 9.15 Å². The van der Waals surface area contributed by atoms with Crippen molar-refractivity contribution in [2.45, 2.75) is 27.3 Å². The van der Waals surface area contributed by atoms with Crippen LogP contribution >= 0.6 is 0 Å². The molecule has 0 amide bonds. The molecule has 0 aliphatic carbocycles. The fourth-order valence-electron chi connectivity index (χ4n) is 2.76. The molecule has 0 spiro atoms. The molecule has 3 rings (SSSR count). The molecule has 0 radical (unpaired) electrons. The van der Waals surface area contributed by atoms with Crippen molar-refractivity contribution in [3.63, 3.8) is 0 Å². The number of benzene rings is 2. The van der Waals surface area contributed by atoms with E-state index in [-0.39, 0.29) is 5.63 Å². The molecule has 1 heterocycles. The van der Waals surface area contributed by atoms with Gasteiger partial charge < -0.3 is 14.5 Å². The second kappa shape index (κ2) is 6.79. The van der Waals surface area contributed by atoms with Gasteiger partial charge in [0.15, 0.2) is 0 Å². The van der Waals surface area contributed by atoms with Crippen LogP contribution in [0.1, 0.15) is 23.6 Å². The highest BCUT2D eigenvalue weighted by Gasteiger charge is 2.10. The molecule has 0 bridgehead atoms. The van der Waals surface area contributed by atoms with Crippen molar-refractivity contribution in [1.82, 2.24) is 0 Å². The van der Waals surface area contributed by atoms with Crippen LogP contribution in [0, 0.1) is 13.8 Å². The SMILES string of the molecule is CCOc1ccccc1NCc1cc(=O)oc2c(C)c(C)ccc12. The summed E-state index contributed by atoms with van der Waals surface area (Å²) >= 11 is 0. The lowest BCUT2D eigenvalue weighted by atomic mass is 10.0. The number of para-hydroxylation sites is 2. The molecule has 0 aliphatic heterocycles. The van der Waals surface area contributed by atoms with Crippen molar-refractivity contribution in [3.05, 3.63) is 69.6 Å². The maximum atomic E-state index is 11.9. The number of rotatable bonds is 5. The van der Waals surface area contributed by atoms with E-state index in [1.165, 1.54) is 0 Å². The third-order valence-corrected chi connectivity index (χ3v) is 4.17. The average molecular weight is 323 g/mol. The van der Waals surface area contributed by atoms with Gasteiger partial charge in [0.05, 0.1) is 12.3 Å². The molecule has 4 heteroatoms. The van der Waals surface area contributed by atoms with Gasteiger partial charge in [-0.1, -0.05) is 24.3 Å². The molecule has 0 atom stereocenters. The van der Waals surface area contributed by atoms with Crippen molar-refractivity contribution in [3.8, 4) is 5.75 Å². The Morgan fingerprint density at radius 1 is 1.12 bits per heavy atom. The fourth-order valence-corrected chi connectivity index (χ4v) is 2.76. The number of ether oxygens (including phenoxy) is 1. The first kappa shape index (κ1) is 16.1. The summed E-state index contributed by atoms with van der Waals surface area (Å²) in [4.78, 5) is 11.9. The molecule has 0 aliphatic rings. The summed E-state index contributed by atoms with van der Waals surface area (Å²) in [5.41, 5.74) is 4.27. The number of nitrogens with one attached hydrogen (secondary N) is 1. The highest BCUT2D eigenvalue weighted by Crippen LogP contribution is 2.27. The Hall–Kier alpha value is -2.75. The van der Waals surface area contributed by atoms with Crippen LogP contribution in [0.5, 0.6) is 5.75 Å². The van der Waals surface area contributed by atoms with Crippen LogP contribution in [0.4, 0.5) is 5.69 Å². The van der Waals surface area contributed by atoms with Crippen molar-refractivity contribution in [2.24, 2.45) is 0 Å². The summed E-state index contributed by atoms with van der Waals surface area (Å²) in [5.74, 6) is 0.805. The van der Waals surface area contributed by atoms with Gasteiger partial charge in [0.2, 0.25) is 0 Å². The molecular weight excluding hydrogens is 302 g/mol. The fraction of sp³-hybridized carbons (Fsp3) is 0.250. The van der Waals surface area contributed by atoms with E-state index in [9.17, 15) is 4.79 Å². The molecule has 0 saturated carbocycles. The molecule has 0 fully saturated rings. The van der Waals surface area contributed by atoms with E-state index in [1.54, 1.807) is 6.07 Å². The van der Waals surface area contributed by atoms with E-state index < -0.39 is 0 Å². The lowest BCUT2D eigenvalue weighted by Crippen LogP contribution is -2.07. The van der Waals surface area contributed by atoms with Crippen LogP contribution in [0.3, 0.4) is 0 Å². The van der Waals surface area contributed by atoms with Gasteiger partial charge >= 0.3 is 5.63 Å². The Bertz CT molecular complexity index is 928. The van der Waals surface area contributed by atoms with Crippen LogP contribution in [0.25, 0.3) is 11.0 Å². The third-order valence-electron chi connectivity index (χ3n) is 4.17. The quantitative estimate of drug-likeness (QED) is 0.706. The molecule has 0 unspecified atom stereocenters. The van der Waals surface area contributed by atoms with Gasteiger partial charge in [-0.15, -0.1) is 0 Å². The summed E-state index contributed by atoms with van der Waals surface area (Å²) < 4.78 is 11.0. The van der Waals surface area contributed by atoms with Crippen LogP contribution in [0.2, 0.25) is 0 Å². The van der Waals surface area contributed by atoms with Crippen molar-refractivity contribution < 1.29 is 9.15 Å². The monoisotopic (exact) mass is 323 g/mol. The number of anilines is 1. The number of hydrogen-bond donors (Lipinski definition) is 1. The summed E-state index contributed by atoms with van der Waals surface area (Å²) in [6, 6.07) is 13.4. The number of hydrogen-bond acceptors (Lipinski definition) is 4. The van der Waals surface area contributed by atoms with E-state index in [0.29, 0.717) is 18.7 Å². The molecule has 124 valence electrons. The van der Waals surface area contributed by atoms with E-state index in [2.05, 4.69) is 11.4 Å². The molecular formula is C20H21NO3. The maximum absolute atomic E-state index is 11.9. The Kier molecular flexibility index (Phi) is 4.56. The Labute approximate surface area is 141 Å². The molecule has 3 aromatic rings. The largest absolute Gasteiger partial charge is 0.492 e. The first-order valence-electron chi connectivity index (χ1n) is 8.08. The molecule has 2 aromatic carbocycles. The molecule has 1 aromatic heterocycles.